The van der Waals surface area contributed by atoms with Gasteiger partial charge in [-0.05, 0) is 64.7 Å². The molecule has 1 aliphatic heterocycles. The van der Waals surface area contributed by atoms with Crippen LogP contribution in [0.25, 0.3) is 0 Å². The second-order valence-electron chi connectivity index (χ2n) is 7.93. The second kappa shape index (κ2) is 8.17. The summed E-state index contributed by atoms with van der Waals surface area (Å²) in [6, 6.07) is 7.33. The standard InChI is InChI=1S/C20H31FN2O2/c1-6-18(15-8-7-9-16(21)13-15)22-17-10-11-23(14(2)12-17)19(24)25-20(3,4)5/h7-9,13-14,17-18,22H,6,10-12H2,1-5H3. The number of halogens is 1. The predicted octanol–water partition coefficient (Wildman–Crippen LogP) is 4.65. The summed E-state index contributed by atoms with van der Waals surface area (Å²) in [7, 11) is 0. The molecular formula is C20H31FN2O2. The molecule has 0 aromatic heterocycles. The van der Waals surface area contributed by atoms with Crippen molar-refractivity contribution in [2.24, 2.45) is 0 Å². The number of carbonyl (C=O) groups excluding carboxylic acids is 1. The molecule has 0 spiro atoms. The van der Waals surface area contributed by atoms with Gasteiger partial charge in [-0.3, -0.25) is 0 Å². The van der Waals surface area contributed by atoms with Crippen LogP contribution in [0.2, 0.25) is 0 Å². The van der Waals surface area contributed by atoms with Crippen molar-refractivity contribution in [3.8, 4) is 0 Å². The van der Waals surface area contributed by atoms with Gasteiger partial charge in [0.2, 0.25) is 0 Å². The summed E-state index contributed by atoms with van der Waals surface area (Å²) in [4.78, 5) is 14.1. The van der Waals surface area contributed by atoms with Crippen molar-refractivity contribution in [2.45, 2.75) is 77.6 Å². The van der Waals surface area contributed by atoms with E-state index in [1.807, 2.05) is 31.7 Å². The average molecular weight is 350 g/mol. The van der Waals surface area contributed by atoms with Crippen molar-refractivity contribution >= 4 is 6.09 Å². The highest BCUT2D eigenvalue weighted by molar-refractivity contribution is 5.68. The smallest absolute Gasteiger partial charge is 0.410 e. The van der Waals surface area contributed by atoms with E-state index >= 15 is 0 Å². The number of rotatable bonds is 4. The summed E-state index contributed by atoms with van der Waals surface area (Å²) in [6.07, 6.45) is 2.39. The molecule has 1 saturated heterocycles. The van der Waals surface area contributed by atoms with Gasteiger partial charge in [0.15, 0.2) is 0 Å². The molecule has 2 rings (SSSR count). The Bertz CT molecular complexity index is 585. The van der Waals surface area contributed by atoms with Crippen LogP contribution < -0.4 is 5.32 Å². The van der Waals surface area contributed by atoms with E-state index in [1.54, 1.807) is 12.1 Å². The second-order valence-corrected chi connectivity index (χ2v) is 7.93. The van der Waals surface area contributed by atoms with Gasteiger partial charge in [0.05, 0.1) is 0 Å². The fraction of sp³-hybridized carbons (Fsp3) is 0.650. The van der Waals surface area contributed by atoms with Gasteiger partial charge in [-0.25, -0.2) is 9.18 Å². The highest BCUT2D eigenvalue weighted by Gasteiger charge is 2.32. The topological polar surface area (TPSA) is 41.6 Å². The number of carbonyl (C=O) groups is 1. The van der Waals surface area contributed by atoms with Crippen LogP contribution in [0.3, 0.4) is 0 Å². The van der Waals surface area contributed by atoms with Gasteiger partial charge in [0.1, 0.15) is 11.4 Å². The molecule has 25 heavy (non-hydrogen) atoms. The van der Waals surface area contributed by atoms with Gasteiger partial charge in [0, 0.05) is 24.7 Å². The molecule has 140 valence electrons. The van der Waals surface area contributed by atoms with Gasteiger partial charge >= 0.3 is 6.09 Å². The average Bonchev–Trinajstić information content (AvgIpc) is 2.50. The minimum Gasteiger partial charge on any atom is -0.444 e. The van der Waals surface area contributed by atoms with Crippen LogP contribution in [0.1, 0.15) is 65.5 Å². The number of hydrogen-bond acceptors (Lipinski definition) is 3. The molecule has 3 unspecified atom stereocenters. The van der Waals surface area contributed by atoms with Gasteiger partial charge in [0.25, 0.3) is 0 Å². The molecule has 0 saturated carbocycles. The number of piperidine rings is 1. The van der Waals surface area contributed by atoms with Crippen molar-refractivity contribution in [1.82, 2.24) is 10.2 Å². The van der Waals surface area contributed by atoms with Crippen LogP contribution in [0.15, 0.2) is 24.3 Å². The fourth-order valence-corrected chi connectivity index (χ4v) is 3.37. The Kier molecular flexibility index (Phi) is 6.44. The molecule has 1 fully saturated rings. The number of likely N-dealkylation sites (tertiary alicyclic amines) is 1. The highest BCUT2D eigenvalue weighted by atomic mass is 19.1. The summed E-state index contributed by atoms with van der Waals surface area (Å²) in [5.41, 5.74) is 0.501. The molecule has 1 aromatic carbocycles. The van der Waals surface area contributed by atoms with Gasteiger partial charge in [-0.15, -0.1) is 0 Å². The van der Waals surface area contributed by atoms with Crippen molar-refractivity contribution < 1.29 is 13.9 Å². The van der Waals surface area contributed by atoms with Crippen LogP contribution in [-0.2, 0) is 4.74 Å². The number of hydrogen-bond donors (Lipinski definition) is 1. The molecule has 0 aliphatic carbocycles. The summed E-state index contributed by atoms with van der Waals surface area (Å²) >= 11 is 0. The third kappa shape index (κ3) is 5.70. The van der Waals surface area contributed by atoms with Crippen molar-refractivity contribution in [2.75, 3.05) is 6.54 Å². The van der Waals surface area contributed by atoms with E-state index in [4.69, 9.17) is 4.74 Å². The van der Waals surface area contributed by atoms with Crippen molar-refractivity contribution in [3.05, 3.63) is 35.6 Å². The monoisotopic (exact) mass is 350 g/mol. The Hall–Kier alpha value is -1.62. The van der Waals surface area contributed by atoms with E-state index < -0.39 is 5.60 Å². The van der Waals surface area contributed by atoms with E-state index in [2.05, 4.69) is 19.2 Å². The normalized spacial score (nSPS) is 22.6. The van der Waals surface area contributed by atoms with Crippen LogP contribution in [0.5, 0.6) is 0 Å². The van der Waals surface area contributed by atoms with E-state index in [9.17, 15) is 9.18 Å². The van der Waals surface area contributed by atoms with Crippen LogP contribution in [0, 0.1) is 5.82 Å². The first kappa shape index (κ1) is 19.7. The maximum Gasteiger partial charge on any atom is 0.410 e. The molecule has 5 heteroatoms. The van der Waals surface area contributed by atoms with Gasteiger partial charge < -0.3 is 15.0 Å². The lowest BCUT2D eigenvalue weighted by Gasteiger charge is -2.39. The Morgan fingerprint density at radius 1 is 1.44 bits per heavy atom. The molecule has 4 nitrogen and oxygen atoms in total. The third-order valence-electron chi connectivity index (χ3n) is 4.60. The predicted molar refractivity (Wildman–Crippen MR) is 98.0 cm³/mol. The Morgan fingerprint density at radius 3 is 2.72 bits per heavy atom. The number of nitrogens with one attached hydrogen (secondary N) is 1. The zero-order valence-electron chi connectivity index (χ0n) is 16.0. The largest absolute Gasteiger partial charge is 0.444 e. The van der Waals surface area contributed by atoms with Gasteiger partial charge in [-0.1, -0.05) is 19.1 Å². The maximum atomic E-state index is 13.5. The van der Waals surface area contributed by atoms with E-state index in [0.717, 1.165) is 24.8 Å². The lowest BCUT2D eigenvalue weighted by molar-refractivity contribution is 0.00894. The minimum atomic E-state index is -0.476. The summed E-state index contributed by atoms with van der Waals surface area (Å²) in [5, 5.41) is 3.64. The molecular weight excluding hydrogens is 319 g/mol. The molecule has 0 bridgehead atoms. The molecule has 0 radical (unpaired) electrons. The van der Waals surface area contributed by atoms with Crippen molar-refractivity contribution in [3.63, 3.8) is 0 Å². The fourth-order valence-electron chi connectivity index (χ4n) is 3.37. The first-order valence-corrected chi connectivity index (χ1v) is 9.20. The van der Waals surface area contributed by atoms with Crippen molar-refractivity contribution in [1.29, 1.82) is 0 Å². The van der Waals surface area contributed by atoms with Crippen LogP contribution >= 0.6 is 0 Å². The minimum absolute atomic E-state index is 0.117. The Labute approximate surface area is 150 Å². The molecule has 1 amide bonds. The molecule has 3 atom stereocenters. The summed E-state index contributed by atoms with van der Waals surface area (Å²) in [6.45, 7) is 10.5. The highest BCUT2D eigenvalue weighted by Crippen LogP contribution is 2.24. The molecule has 1 aromatic rings. The van der Waals surface area contributed by atoms with Crippen LogP contribution in [0.4, 0.5) is 9.18 Å². The van der Waals surface area contributed by atoms with Gasteiger partial charge in [-0.2, -0.15) is 0 Å². The molecule has 1 N–H and O–H groups in total. The van der Waals surface area contributed by atoms with E-state index in [0.29, 0.717) is 12.6 Å². The zero-order valence-corrected chi connectivity index (χ0v) is 16.0. The third-order valence-corrected chi connectivity index (χ3v) is 4.60. The van der Waals surface area contributed by atoms with E-state index in [-0.39, 0.29) is 24.0 Å². The maximum absolute atomic E-state index is 13.5. The lowest BCUT2D eigenvalue weighted by Crippen LogP contribution is -2.51. The Balaban J connectivity index is 1.94. The Morgan fingerprint density at radius 2 is 2.16 bits per heavy atom. The number of ether oxygens (including phenoxy) is 1. The number of nitrogens with zero attached hydrogens (tertiary/aromatic N) is 1. The van der Waals surface area contributed by atoms with Crippen LogP contribution in [-0.4, -0.2) is 35.2 Å². The quantitative estimate of drug-likeness (QED) is 0.859. The number of amides is 1. The molecule has 1 aliphatic rings. The lowest BCUT2D eigenvalue weighted by atomic mass is 9.95. The SMILES string of the molecule is CCC(NC1CCN(C(=O)OC(C)(C)C)C(C)C1)c1cccc(F)c1. The summed E-state index contributed by atoms with van der Waals surface area (Å²) < 4.78 is 19.0. The first-order chi connectivity index (χ1) is 11.7. The number of benzene rings is 1. The summed E-state index contributed by atoms with van der Waals surface area (Å²) in [5.74, 6) is -0.203. The van der Waals surface area contributed by atoms with E-state index in [1.165, 1.54) is 6.07 Å². The zero-order chi connectivity index (χ0) is 18.6. The first-order valence-electron chi connectivity index (χ1n) is 9.20. The molecule has 1 heterocycles.